The van der Waals surface area contributed by atoms with Gasteiger partial charge in [0.2, 0.25) is 5.97 Å². The van der Waals surface area contributed by atoms with Crippen LogP contribution in [-0.4, -0.2) is 114 Å². The van der Waals surface area contributed by atoms with Gasteiger partial charge < -0.3 is 45.6 Å². The van der Waals surface area contributed by atoms with Crippen LogP contribution in [0.1, 0.15) is 100 Å². The molecule has 60 heavy (non-hydrogen) atoms. The van der Waals surface area contributed by atoms with Gasteiger partial charge in [0.05, 0.1) is 32.6 Å². The standard InChI is InChI=1S/C17H26N2O2.C12H15NO.C5H11NO2.C4H6O4.C2H3BO2.BO.ClH.Na/c1-2-21-17(20)8-9-18-13-15-6-5-7-16(12-15)14-19-10-3-4-11-19;14-10-12-5-3-4-11(8-12)9-13-6-1-2-7-13;1-2-8-5(7)3-4-6;1-3(5)7-8-4(2)6;1-2(4)5-3;1-2;;/h5-7,12,18H,2-4,8-11,13-14H2,1H3;3-5,8,10H,1-2,6-7,9H2;2-4,6H2,1H3;1-2H3;1H3;;1H;/q;;;;-1;;;+1. The SMILES string of the molecule is CC(=O)OOC(C)=O.CCOC(=O)CCNCc1cccc(CN2CCCC2)c1.CCOC(=O)CC[NH3+].O=Cc1cccc(CN2CCCC2)c1.[B-]OC(C)=O.[B]=O.[Cl-].[Na+]. The number of hydrogen-bond acceptors (Lipinski definition) is 15. The molecule has 2 aromatic rings. The second kappa shape index (κ2) is 43.6. The molecule has 2 saturated heterocycles. The monoisotopic (exact) mass is 870 g/mol. The Kier molecular flexibility index (Phi) is 45.9. The smallest absolute Gasteiger partial charge is 1.00 e. The summed E-state index contributed by atoms with van der Waals surface area (Å²) >= 11 is 0. The molecule has 0 aliphatic carbocycles. The third-order valence-corrected chi connectivity index (χ3v) is 7.56. The van der Waals surface area contributed by atoms with Gasteiger partial charge >= 0.3 is 65.9 Å². The maximum atomic E-state index is 11.2. The number of hydrogen-bond donors (Lipinski definition) is 2. The van der Waals surface area contributed by atoms with Gasteiger partial charge in [0, 0.05) is 52.5 Å². The summed E-state index contributed by atoms with van der Waals surface area (Å²) in [5, 5.41) is 3.30. The molecule has 2 aromatic carbocycles. The molecule has 0 unspecified atom stereocenters. The van der Waals surface area contributed by atoms with Gasteiger partial charge in [-0.05, 0) is 88.5 Å². The normalized spacial score (nSPS) is 12.2. The van der Waals surface area contributed by atoms with E-state index in [4.69, 9.17) is 9.44 Å². The molecule has 0 amide bonds. The van der Waals surface area contributed by atoms with Gasteiger partial charge in [-0.3, -0.25) is 29.0 Å². The molecule has 4 radical (unpaired) electrons. The van der Waals surface area contributed by atoms with Crippen LogP contribution in [0.3, 0.4) is 0 Å². The molecule has 2 fully saturated rings. The molecule has 328 valence electrons. The summed E-state index contributed by atoms with van der Waals surface area (Å²) < 4.78 is 20.9. The van der Waals surface area contributed by atoms with E-state index in [0.29, 0.717) is 39.1 Å². The number of quaternary nitrogens is 1. The number of benzene rings is 2. The zero-order valence-electron chi connectivity index (χ0n) is 36.3. The molecule has 16 nitrogen and oxygen atoms in total. The summed E-state index contributed by atoms with van der Waals surface area (Å²) in [5.41, 5.74) is 8.18. The van der Waals surface area contributed by atoms with Gasteiger partial charge in [-0.15, -0.1) is 0 Å². The van der Waals surface area contributed by atoms with Crippen LogP contribution in [0.15, 0.2) is 48.5 Å². The van der Waals surface area contributed by atoms with E-state index < -0.39 is 17.9 Å². The molecular formula is C40H62B2ClN4NaO12. The van der Waals surface area contributed by atoms with Gasteiger partial charge in [-0.2, -0.15) is 0 Å². The van der Waals surface area contributed by atoms with Gasteiger partial charge in [0.25, 0.3) is 0 Å². The Morgan fingerprint density at radius 1 is 0.733 bits per heavy atom. The van der Waals surface area contributed by atoms with E-state index in [-0.39, 0.29) is 53.9 Å². The minimum absolute atomic E-state index is 0. The van der Waals surface area contributed by atoms with Crippen molar-refractivity contribution in [3.8, 4) is 0 Å². The first-order valence-corrected chi connectivity index (χ1v) is 19.2. The minimum atomic E-state index is -0.639. The molecule has 20 heteroatoms. The maximum absolute atomic E-state index is 11.2. The number of rotatable bonds is 14. The van der Waals surface area contributed by atoms with Crippen molar-refractivity contribution in [3.63, 3.8) is 0 Å². The third kappa shape index (κ3) is 38.7. The summed E-state index contributed by atoms with van der Waals surface area (Å²) in [6.45, 7) is 17.0. The molecule has 4 rings (SSSR count). The van der Waals surface area contributed by atoms with Crippen molar-refractivity contribution in [2.24, 2.45) is 0 Å². The maximum Gasteiger partial charge on any atom is 1.00 e. The van der Waals surface area contributed by atoms with Crippen LogP contribution in [0.2, 0.25) is 0 Å². The largest absolute Gasteiger partial charge is 1.00 e. The summed E-state index contributed by atoms with van der Waals surface area (Å²) in [5.74, 6) is -2.03. The summed E-state index contributed by atoms with van der Waals surface area (Å²) in [6.07, 6.45) is 7.06. The van der Waals surface area contributed by atoms with Crippen molar-refractivity contribution < 1.29 is 105 Å². The van der Waals surface area contributed by atoms with Crippen molar-refractivity contribution >= 4 is 51.9 Å². The van der Waals surface area contributed by atoms with Crippen molar-refractivity contribution in [2.45, 2.75) is 92.8 Å². The number of halogens is 1. The fourth-order valence-electron chi connectivity index (χ4n) is 5.15. The summed E-state index contributed by atoms with van der Waals surface area (Å²) in [7, 11) is 7.57. The number of carbonyl (C=O) groups is 6. The third-order valence-electron chi connectivity index (χ3n) is 7.56. The second-order valence-corrected chi connectivity index (χ2v) is 12.5. The first kappa shape index (κ1) is 63.2. The molecule has 0 saturated carbocycles. The summed E-state index contributed by atoms with van der Waals surface area (Å²) in [4.78, 5) is 73.9. The first-order chi connectivity index (χ1) is 27.9. The van der Waals surface area contributed by atoms with E-state index in [0.717, 1.165) is 45.3 Å². The molecule has 4 N–H and O–H groups in total. The quantitative estimate of drug-likeness (QED) is 0.0478. The Morgan fingerprint density at radius 2 is 1.15 bits per heavy atom. The van der Waals surface area contributed by atoms with Crippen LogP contribution in [0, 0.1) is 0 Å². The molecule has 0 aromatic heterocycles. The predicted octanol–water partition coefficient (Wildman–Crippen LogP) is -3.23. The van der Waals surface area contributed by atoms with Gasteiger partial charge in [-0.1, -0.05) is 42.5 Å². The number of ether oxygens (including phenoxy) is 2. The zero-order valence-corrected chi connectivity index (χ0v) is 39.0. The molecule has 2 heterocycles. The Hall–Kier alpha value is -3.48. The Balaban J connectivity index is -0.000000350. The van der Waals surface area contributed by atoms with Gasteiger partial charge in [0.15, 0.2) is 0 Å². The fraction of sp³-hybridized carbons (Fsp3) is 0.550. The predicted molar refractivity (Wildman–Crippen MR) is 217 cm³/mol. The van der Waals surface area contributed by atoms with Gasteiger partial charge in [0.1, 0.15) is 6.29 Å². The Labute approximate surface area is 386 Å². The van der Waals surface area contributed by atoms with Crippen LogP contribution < -0.4 is 53.0 Å². The van der Waals surface area contributed by atoms with E-state index in [1.807, 2.05) is 25.1 Å². The number of aldehydes is 1. The van der Waals surface area contributed by atoms with E-state index >= 15 is 0 Å². The number of nitrogens with zero attached hydrogens (tertiary/aromatic N) is 2. The Bertz CT molecular complexity index is 1430. The number of nitrogens with one attached hydrogen (secondary N) is 1. The molecule has 0 spiro atoms. The van der Waals surface area contributed by atoms with Crippen molar-refractivity contribution in [2.75, 3.05) is 52.5 Å². The van der Waals surface area contributed by atoms with Crippen LogP contribution in [-0.2, 0) is 72.2 Å². The van der Waals surface area contributed by atoms with Crippen molar-refractivity contribution in [3.05, 3.63) is 70.8 Å². The summed E-state index contributed by atoms with van der Waals surface area (Å²) in [6, 6.07) is 16.6. The van der Waals surface area contributed by atoms with Crippen LogP contribution >= 0.6 is 0 Å². The topological polar surface area (TPSA) is 212 Å². The first-order valence-electron chi connectivity index (χ1n) is 19.2. The zero-order chi connectivity index (χ0) is 44.0. The number of likely N-dealkylation sites (tertiary alicyclic amines) is 2. The average molecular weight is 871 g/mol. The van der Waals surface area contributed by atoms with Crippen LogP contribution in [0.25, 0.3) is 0 Å². The molecule has 2 aliphatic heterocycles. The minimum Gasteiger partial charge on any atom is -1.00 e. The second-order valence-electron chi connectivity index (χ2n) is 12.5. The van der Waals surface area contributed by atoms with Crippen LogP contribution in [0.4, 0.5) is 0 Å². The van der Waals surface area contributed by atoms with Crippen molar-refractivity contribution in [1.82, 2.24) is 15.1 Å². The fourth-order valence-corrected chi connectivity index (χ4v) is 5.15. The van der Waals surface area contributed by atoms with Crippen LogP contribution in [0.5, 0.6) is 0 Å². The molecule has 0 atom stereocenters. The van der Waals surface area contributed by atoms with E-state index in [9.17, 15) is 28.8 Å². The molecule has 2 aliphatic rings. The Morgan fingerprint density at radius 3 is 1.55 bits per heavy atom. The van der Waals surface area contributed by atoms with E-state index in [2.05, 4.69) is 86.1 Å². The average Bonchev–Trinajstić information content (AvgIpc) is 3.93. The van der Waals surface area contributed by atoms with Gasteiger partial charge in [-0.25, -0.2) is 19.4 Å². The number of esters is 2. The van der Waals surface area contributed by atoms with E-state index in [1.54, 1.807) is 6.92 Å². The molecule has 0 bridgehead atoms. The molecular weight excluding hydrogens is 809 g/mol. The number of carbonyl (C=O) groups excluding carboxylic acids is 6. The van der Waals surface area contributed by atoms with E-state index in [1.165, 1.54) is 75.5 Å². The van der Waals surface area contributed by atoms with Crippen molar-refractivity contribution in [1.29, 1.82) is 0 Å².